The first-order valence-electron chi connectivity index (χ1n) is 7.90. The quantitative estimate of drug-likeness (QED) is 0.789. The van der Waals surface area contributed by atoms with Gasteiger partial charge in [0.15, 0.2) is 0 Å². The molecule has 1 aliphatic carbocycles. The van der Waals surface area contributed by atoms with Crippen LogP contribution in [0.5, 0.6) is 0 Å². The average Bonchev–Trinajstić information content (AvgIpc) is 2.95. The number of amides is 1. The van der Waals surface area contributed by atoms with Crippen LogP contribution in [-0.2, 0) is 4.74 Å². The van der Waals surface area contributed by atoms with Gasteiger partial charge in [0.2, 0.25) is 0 Å². The van der Waals surface area contributed by atoms with Gasteiger partial charge >= 0.3 is 0 Å². The van der Waals surface area contributed by atoms with E-state index in [-0.39, 0.29) is 11.9 Å². The third kappa shape index (κ3) is 4.58. The molecule has 0 radical (unpaired) electrons. The lowest BCUT2D eigenvalue weighted by atomic mass is 9.94. The number of nitrogens with two attached hydrogens (primary N) is 1. The Labute approximate surface area is 126 Å². The van der Waals surface area contributed by atoms with E-state index in [4.69, 9.17) is 10.5 Å². The van der Waals surface area contributed by atoms with Gasteiger partial charge in [-0.15, -0.1) is 0 Å². The fourth-order valence-electron chi connectivity index (χ4n) is 2.77. The lowest BCUT2D eigenvalue weighted by molar-refractivity contribution is 0.0267. The molecule has 21 heavy (non-hydrogen) atoms. The van der Waals surface area contributed by atoms with Gasteiger partial charge in [-0.25, -0.2) is 0 Å². The summed E-state index contributed by atoms with van der Waals surface area (Å²) in [6, 6.07) is 4.37. The summed E-state index contributed by atoms with van der Waals surface area (Å²) in [6.45, 7) is 5.24. The summed E-state index contributed by atoms with van der Waals surface area (Å²) in [5.41, 5.74) is 6.57. The summed E-state index contributed by atoms with van der Waals surface area (Å²) < 4.78 is 7.77. The molecule has 0 saturated heterocycles. The maximum Gasteiger partial charge on any atom is 0.267 e. The number of nitrogens with zero attached hydrogens (tertiary/aromatic N) is 1. The van der Waals surface area contributed by atoms with Gasteiger partial charge in [0.05, 0.1) is 12.7 Å². The standard InChI is InChI=1S/C16H27N3O2/c1-12(2)19-10-3-4-15(19)16(20)18-9-11-21-14-7-5-13(17)6-8-14/h3-4,10,12-14H,5-9,11,17H2,1-2H3,(H,18,20). The third-order valence-corrected chi connectivity index (χ3v) is 4.03. The summed E-state index contributed by atoms with van der Waals surface area (Å²) in [7, 11) is 0. The van der Waals surface area contributed by atoms with Crippen LogP contribution in [0.25, 0.3) is 0 Å². The van der Waals surface area contributed by atoms with E-state index in [1.54, 1.807) is 0 Å². The molecular weight excluding hydrogens is 266 g/mol. The number of hydrogen-bond acceptors (Lipinski definition) is 3. The molecule has 1 aromatic rings. The minimum atomic E-state index is -0.0389. The molecule has 0 aliphatic heterocycles. The summed E-state index contributed by atoms with van der Waals surface area (Å²) in [5, 5.41) is 2.92. The minimum Gasteiger partial charge on any atom is -0.376 e. The molecule has 0 spiro atoms. The fraction of sp³-hybridized carbons (Fsp3) is 0.688. The zero-order valence-corrected chi connectivity index (χ0v) is 13.0. The monoisotopic (exact) mass is 293 g/mol. The number of carbonyl (C=O) groups is 1. The predicted octanol–water partition coefficient (Wildman–Crippen LogP) is 2.09. The Hall–Kier alpha value is -1.33. The normalized spacial score (nSPS) is 22.5. The number of nitrogens with one attached hydrogen (secondary N) is 1. The summed E-state index contributed by atoms with van der Waals surface area (Å²) in [4.78, 5) is 12.1. The van der Waals surface area contributed by atoms with Crippen LogP contribution in [0, 0.1) is 0 Å². The zero-order chi connectivity index (χ0) is 15.2. The van der Waals surface area contributed by atoms with E-state index in [1.807, 2.05) is 22.9 Å². The molecule has 5 heteroatoms. The van der Waals surface area contributed by atoms with Crippen LogP contribution in [0.4, 0.5) is 0 Å². The van der Waals surface area contributed by atoms with Crippen molar-refractivity contribution in [2.75, 3.05) is 13.2 Å². The van der Waals surface area contributed by atoms with Crippen molar-refractivity contribution in [1.82, 2.24) is 9.88 Å². The third-order valence-electron chi connectivity index (χ3n) is 4.03. The van der Waals surface area contributed by atoms with Crippen molar-refractivity contribution in [3.8, 4) is 0 Å². The van der Waals surface area contributed by atoms with Crippen molar-refractivity contribution in [2.24, 2.45) is 5.73 Å². The highest BCUT2D eigenvalue weighted by Crippen LogP contribution is 2.19. The van der Waals surface area contributed by atoms with E-state index >= 15 is 0 Å². The molecular formula is C16H27N3O2. The molecule has 5 nitrogen and oxygen atoms in total. The Morgan fingerprint density at radius 3 is 2.81 bits per heavy atom. The predicted molar refractivity (Wildman–Crippen MR) is 83.3 cm³/mol. The fourth-order valence-corrected chi connectivity index (χ4v) is 2.77. The highest BCUT2D eigenvalue weighted by atomic mass is 16.5. The van der Waals surface area contributed by atoms with Gasteiger partial charge in [-0.3, -0.25) is 4.79 Å². The minimum absolute atomic E-state index is 0.0389. The van der Waals surface area contributed by atoms with Crippen molar-refractivity contribution < 1.29 is 9.53 Å². The Morgan fingerprint density at radius 1 is 1.43 bits per heavy atom. The van der Waals surface area contributed by atoms with E-state index in [0.717, 1.165) is 25.7 Å². The largest absolute Gasteiger partial charge is 0.376 e. The maximum absolute atomic E-state index is 12.1. The van der Waals surface area contributed by atoms with Crippen molar-refractivity contribution in [3.63, 3.8) is 0 Å². The molecule has 0 aromatic carbocycles. The average molecular weight is 293 g/mol. The molecule has 0 bridgehead atoms. The van der Waals surface area contributed by atoms with Crippen LogP contribution in [0.3, 0.4) is 0 Å². The molecule has 1 aliphatic rings. The second kappa shape index (κ2) is 7.61. The molecule has 118 valence electrons. The van der Waals surface area contributed by atoms with E-state index in [2.05, 4.69) is 19.2 Å². The first-order valence-corrected chi connectivity index (χ1v) is 7.90. The lowest BCUT2D eigenvalue weighted by Gasteiger charge is -2.26. The summed E-state index contributed by atoms with van der Waals surface area (Å²) in [5.74, 6) is -0.0389. The van der Waals surface area contributed by atoms with Crippen LogP contribution >= 0.6 is 0 Å². The molecule has 1 fully saturated rings. The first-order chi connectivity index (χ1) is 10.1. The van der Waals surface area contributed by atoms with Gasteiger partial charge < -0.3 is 20.4 Å². The smallest absolute Gasteiger partial charge is 0.267 e. The topological polar surface area (TPSA) is 69.3 Å². The van der Waals surface area contributed by atoms with Crippen LogP contribution < -0.4 is 11.1 Å². The molecule has 1 amide bonds. The Kier molecular flexibility index (Phi) is 5.82. The number of ether oxygens (including phenoxy) is 1. The van der Waals surface area contributed by atoms with Crippen LogP contribution in [0.1, 0.15) is 56.1 Å². The summed E-state index contributed by atoms with van der Waals surface area (Å²) >= 11 is 0. The molecule has 1 heterocycles. The highest BCUT2D eigenvalue weighted by molar-refractivity contribution is 5.92. The molecule has 0 unspecified atom stereocenters. The van der Waals surface area contributed by atoms with Gasteiger partial charge in [0.1, 0.15) is 5.69 Å². The van der Waals surface area contributed by atoms with E-state index in [0.29, 0.717) is 31.0 Å². The van der Waals surface area contributed by atoms with Crippen LogP contribution in [-0.4, -0.2) is 35.8 Å². The van der Waals surface area contributed by atoms with E-state index in [1.165, 1.54) is 0 Å². The molecule has 1 aromatic heterocycles. The Balaban J connectivity index is 1.68. The van der Waals surface area contributed by atoms with Crippen molar-refractivity contribution >= 4 is 5.91 Å². The molecule has 2 rings (SSSR count). The molecule has 3 N–H and O–H groups in total. The van der Waals surface area contributed by atoms with Crippen molar-refractivity contribution in [3.05, 3.63) is 24.0 Å². The van der Waals surface area contributed by atoms with E-state index < -0.39 is 0 Å². The number of rotatable bonds is 6. The van der Waals surface area contributed by atoms with Crippen molar-refractivity contribution in [1.29, 1.82) is 0 Å². The molecule has 1 saturated carbocycles. The van der Waals surface area contributed by atoms with Gasteiger partial charge in [0.25, 0.3) is 5.91 Å². The zero-order valence-electron chi connectivity index (χ0n) is 13.0. The maximum atomic E-state index is 12.1. The first kappa shape index (κ1) is 16.0. The Morgan fingerprint density at radius 2 is 2.14 bits per heavy atom. The van der Waals surface area contributed by atoms with Crippen LogP contribution in [0.15, 0.2) is 18.3 Å². The number of aromatic nitrogens is 1. The van der Waals surface area contributed by atoms with Crippen molar-refractivity contribution in [2.45, 2.75) is 57.7 Å². The van der Waals surface area contributed by atoms with E-state index in [9.17, 15) is 4.79 Å². The lowest BCUT2D eigenvalue weighted by Crippen LogP contribution is -2.33. The van der Waals surface area contributed by atoms with Crippen LogP contribution in [0.2, 0.25) is 0 Å². The van der Waals surface area contributed by atoms with Gasteiger partial charge in [-0.1, -0.05) is 0 Å². The summed E-state index contributed by atoms with van der Waals surface area (Å²) in [6.07, 6.45) is 6.39. The van der Waals surface area contributed by atoms with Gasteiger partial charge in [-0.05, 0) is 51.7 Å². The second-order valence-electron chi connectivity index (χ2n) is 6.06. The number of hydrogen-bond donors (Lipinski definition) is 2. The highest BCUT2D eigenvalue weighted by Gasteiger charge is 2.18. The molecule has 0 atom stereocenters. The number of carbonyl (C=O) groups excluding carboxylic acids is 1. The van der Waals surface area contributed by atoms with Gasteiger partial charge in [0, 0.05) is 24.8 Å². The second-order valence-corrected chi connectivity index (χ2v) is 6.06. The SMILES string of the molecule is CC(C)n1cccc1C(=O)NCCOC1CCC(N)CC1. The Bertz CT molecular complexity index is 448. The van der Waals surface area contributed by atoms with Gasteiger partial charge in [-0.2, -0.15) is 0 Å².